The van der Waals surface area contributed by atoms with Crippen LogP contribution >= 0.6 is 0 Å². The van der Waals surface area contributed by atoms with Crippen molar-refractivity contribution in [2.75, 3.05) is 10.2 Å². The van der Waals surface area contributed by atoms with Crippen molar-refractivity contribution < 1.29 is 9.59 Å². The maximum Gasteiger partial charge on any atom is 0.349 e. The molecule has 0 unspecified atom stereocenters. The lowest BCUT2D eigenvalue weighted by molar-refractivity contribution is -0.118. The van der Waals surface area contributed by atoms with E-state index in [9.17, 15) is 9.59 Å². The van der Waals surface area contributed by atoms with Crippen molar-refractivity contribution in [3.8, 4) is 0 Å². The molecule has 3 aromatic carbocycles. The van der Waals surface area contributed by atoms with E-state index in [2.05, 4.69) is 35.6 Å². The van der Waals surface area contributed by atoms with Crippen molar-refractivity contribution in [2.24, 2.45) is 22.7 Å². The molecule has 0 spiro atoms. The van der Waals surface area contributed by atoms with Crippen LogP contribution in [-0.4, -0.2) is 28.7 Å². The SMILES string of the molecule is CC(C)[C@H](N)C(=O)Nc1ccc(N2C(=O)N(Cc3ccccc3C3CCCCC3)N=C(C3CCCCC3)c3ccccc32)cc1. The van der Waals surface area contributed by atoms with Crippen molar-refractivity contribution in [1.82, 2.24) is 5.01 Å². The molecule has 45 heavy (non-hydrogen) atoms. The first-order valence-corrected chi connectivity index (χ1v) is 16.9. The van der Waals surface area contributed by atoms with Crippen molar-refractivity contribution in [2.45, 2.75) is 96.6 Å². The summed E-state index contributed by atoms with van der Waals surface area (Å²) in [4.78, 5) is 29.1. The Labute approximate surface area is 267 Å². The third-order valence-electron chi connectivity index (χ3n) is 9.89. The van der Waals surface area contributed by atoms with E-state index in [-0.39, 0.29) is 17.9 Å². The molecule has 0 saturated heterocycles. The van der Waals surface area contributed by atoms with Crippen LogP contribution in [0, 0.1) is 11.8 Å². The minimum absolute atomic E-state index is 0.0306. The third-order valence-corrected chi connectivity index (χ3v) is 9.89. The van der Waals surface area contributed by atoms with E-state index < -0.39 is 6.04 Å². The predicted octanol–water partition coefficient (Wildman–Crippen LogP) is 8.71. The largest absolute Gasteiger partial charge is 0.349 e. The van der Waals surface area contributed by atoms with Crippen molar-refractivity contribution in [3.63, 3.8) is 0 Å². The summed E-state index contributed by atoms with van der Waals surface area (Å²) in [6.45, 7) is 4.28. The molecule has 2 fully saturated rings. The number of carbonyl (C=O) groups is 2. The Morgan fingerprint density at radius 3 is 2.16 bits per heavy atom. The van der Waals surface area contributed by atoms with Gasteiger partial charge in [0.15, 0.2) is 0 Å². The van der Waals surface area contributed by atoms with E-state index in [0.717, 1.165) is 35.5 Å². The van der Waals surface area contributed by atoms with Crippen LogP contribution in [0.3, 0.4) is 0 Å². The fourth-order valence-corrected chi connectivity index (χ4v) is 7.23. The minimum atomic E-state index is -0.593. The highest BCUT2D eigenvalue weighted by molar-refractivity contribution is 6.13. The number of nitrogens with zero attached hydrogens (tertiary/aromatic N) is 3. The van der Waals surface area contributed by atoms with Crippen LogP contribution in [0.5, 0.6) is 0 Å². The lowest BCUT2D eigenvalue weighted by atomic mass is 9.82. The molecule has 3 amide bonds. The molecule has 1 atom stereocenters. The summed E-state index contributed by atoms with van der Waals surface area (Å²) in [6.07, 6.45) is 12.0. The smallest absolute Gasteiger partial charge is 0.325 e. The van der Waals surface area contributed by atoms with Gasteiger partial charge in [-0.05, 0) is 79.0 Å². The average Bonchev–Trinajstić information content (AvgIpc) is 3.20. The molecule has 2 aliphatic carbocycles. The third kappa shape index (κ3) is 6.84. The quantitative estimate of drug-likeness (QED) is 0.269. The van der Waals surface area contributed by atoms with Crippen molar-refractivity contribution >= 4 is 34.7 Å². The zero-order chi connectivity index (χ0) is 31.3. The number of carbonyl (C=O) groups excluding carboxylic acids is 2. The van der Waals surface area contributed by atoms with Crippen LogP contribution < -0.4 is 16.0 Å². The highest BCUT2D eigenvalue weighted by Crippen LogP contribution is 2.39. The monoisotopic (exact) mass is 605 g/mol. The summed E-state index contributed by atoms with van der Waals surface area (Å²) in [7, 11) is 0. The molecular formula is C38H47N5O2. The Hall–Kier alpha value is -3.97. The number of anilines is 3. The maximum atomic E-state index is 14.7. The van der Waals surface area contributed by atoms with Gasteiger partial charge in [0, 0.05) is 17.2 Å². The number of hydrazone groups is 1. The van der Waals surface area contributed by atoms with Gasteiger partial charge in [0.1, 0.15) is 0 Å². The first-order valence-electron chi connectivity index (χ1n) is 16.9. The summed E-state index contributed by atoms with van der Waals surface area (Å²) in [6, 6.07) is 23.5. The molecule has 3 aromatic rings. The Kier molecular flexibility index (Phi) is 9.64. The predicted molar refractivity (Wildman–Crippen MR) is 183 cm³/mol. The normalized spacial score (nSPS) is 18.8. The van der Waals surface area contributed by atoms with Crippen LogP contribution in [0.2, 0.25) is 0 Å². The molecule has 3 N–H and O–H groups in total. The molecule has 3 aliphatic rings. The molecule has 7 heteroatoms. The van der Waals surface area contributed by atoms with E-state index >= 15 is 0 Å². The second-order valence-electron chi connectivity index (χ2n) is 13.4. The van der Waals surface area contributed by atoms with Crippen LogP contribution in [-0.2, 0) is 11.3 Å². The number of fused-ring (bicyclic) bond motifs is 1. The van der Waals surface area contributed by atoms with Gasteiger partial charge in [-0.15, -0.1) is 0 Å². The van der Waals surface area contributed by atoms with Crippen molar-refractivity contribution in [3.05, 3.63) is 89.5 Å². The number of hydrogen-bond acceptors (Lipinski definition) is 4. The summed E-state index contributed by atoms with van der Waals surface area (Å²) in [5.74, 6) is 0.649. The van der Waals surface area contributed by atoms with E-state index in [1.807, 2.05) is 56.3 Å². The van der Waals surface area contributed by atoms with Crippen LogP contribution in [0.15, 0.2) is 77.9 Å². The summed E-state index contributed by atoms with van der Waals surface area (Å²) >= 11 is 0. The van der Waals surface area contributed by atoms with Gasteiger partial charge in [-0.2, -0.15) is 5.10 Å². The van der Waals surface area contributed by atoms with Gasteiger partial charge in [0.25, 0.3) is 0 Å². The molecule has 0 bridgehead atoms. The van der Waals surface area contributed by atoms with E-state index in [1.165, 1.54) is 62.5 Å². The second kappa shape index (κ2) is 14.0. The highest BCUT2D eigenvalue weighted by Gasteiger charge is 2.34. The summed E-state index contributed by atoms with van der Waals surface area (Å²) in [5.41, 5.74) is 12.8. The van der Waals surface area contributed by atoms with Gasteiger partial charge in [0.2, 0.25) is 5.91 Å². The number of urea groups is 1. The summed E-state index contributed by atoms with van der Waals surface area (Å²) < 4.78 is 0. The first-order chi connectivity index (χ1) is 21.9. The summed E-state index contributed by atoms with van der Waals surface area (Å²) in [5, 5.41) is 9.90. The zero-order valence-electron chi connectivity index (χ0n) is 26.8. The van der Waals surface area contributed by atoms with Crippen molar-refractivity contribution in [1.29, 1.82) is 0 Å². The van der Waals surface area contributed by atoms with E-state index in [1.54, 1.807) is 9.91 Å². The van der Waals surface area contributed by atoms with Crippen LogP contribution in [0.1, 0.15) is 101 Å². The van der Waals surface area contributed by atoms with E-state index in [0.29, 0.717) is 24.1 Å². The molecule has 0 radical (unpaired) electrons. The molecular weight excluding hydrogens is 558 g/mol. The Morgan fingerprint density at radius 2 is 1.47 bits per heavy atom. The van der Waals surface area contributed by atoms with Gasteiger partial charge < -0.3 is 11.1 Å². The number of nitrogens with one attached hydrogen (secondary N) is 1. The number of para-hydroxylation sites is 1. The second-order valence-corrected chi connectivity index (χ2v) is 13.4. The highest BCUT2D eigenvalue weighted by atomic mass is 16.2. The molecule has 0 aromatic heterocycles. The van der Waals surface area contributed by atoms with Crippen LogP contribution in [0.4, 0.5) is 21.9 Å². The molecule has 6 rings (SSSR count). The topological polar surface area (TPSA) is 91.0 Å². The number of benzene rings is 3. The first kappa shape index (κ1) is 31.0. The lowest BCUT2D eigenvalue weighted by Crippen LogP contribution is -2.39. The number of amides is 3. The van der Waals surface area contributed by atoms with Gasteiger partial charge in [-0.25, -0.2) is 9.80 Å². The fourth-order valence-electron chi connectivity index (χ4n) is 7.23. The van der Waals surface area contributed by atoms with Gasteiger partial charge >= 0.3 is 6.03 Å². The van der Waals surface area contributed by atoms with Gasteiger partial charge in [-0.3, -0.25) is 9.69 Å². The van der Waals surface area contributed by atoms with E-state index in [4.69, 9.17) is 10.8 Å². The van der Waals surface area contributed by atoms with Crippen LogP contribution in [0.25, 0.3) is 0 Å². The Bertz CT molecular complexity index is 1520. The zero-order valence-corrected chi connectivity index (χ0v) is 26.8. The Balaban J connectivity index is 1.38. The number of hydrogen-bond donors (Lipinski definition) is 2. The fraction of sp³-hybridized carbons (Fsp3) is 0.447. The standard InChI is InChI=1S/C38H47N5O2/c1-26(2)35(39)37(44)40-30-21-23-31(24-22-30)43-34-20-12-11-19-33(34)36(28-15-7-4-8-16-28)41-42(38(43)45)25-29-17-9-10-18-32(29)27-13-5-3-6-14-27/h9-12,17-24,26-28,35H,3-8,13-16,25,39H2,1-2H3,(H,40,44)/t35-/m0/s1. The molecule has 1 aliphatic heterocycles. The Morgan fingerprint density at radius 1 is 0.844 bits per heavy atom. The maximum absolute atomic E-state index is 14.7. The molecule has 2 saturated carbocycles. The molecule has 236 valence electrons. The lowest BCUT2D eigenvalue weighted by Gasteiger charge is -2.29. The van der Waals surface area contributed by atoms with Gasteiger partial charge in [-0.1, -0.05) is 94.8 Å². The molecule has 1 heterocycles. The molecule has 7 nitrogen and oxygen atoms in total. The number of rotatable bonds is 8. The number of nitrogens with two attached hydrogens (primary N) is 1. The minimum Gasteiger partial charge on any atom is -0.325 e. The average molecular weight is 606 g/mol. The van der Waals surface area contributed by atoms with Gasteiger partial charge in [0.05, 0.1) is 29.7 Å².